The first-order valence-electron chi connectivity index (χ1n) is 5.06. The van der Waals surface area contributed by atoms with Gasteiger partial charge in [0.25, 0.3) is 0 Å². The minimum absolute atomic E-state index is 0.252. The van der Waals surface area contributed by atoms with Crippen LogP contribution < -0.4 is 11.1 Å². The quantitative estimate of drug-likeness (QED) is 0.822. The van der Waals surface area contributed by atoms with E-state index in [4.69, 9.17) is 10.2 Å². The van der Waals surface area contributed by atoms with Crippen LogP contribution in [0.1, 0.15) is 17.0 Å². The van der Waals surface area contributed by atoms with Gasteiger partial charge in [0.05, 0.1) is 6.54 Å². The van der Waals surface area contributed by atoms with Crippen molar-refractivity contribution in [3.63, 3.8) is 0 Å². The number of nitrogens with one attached hydrogen (secondary N) is 1. The molecule has 5 heteroatoms. The van der Waals surface area contributed by atoms with Crippen LogP contribution in [-0.4, -0.2) is 10.2 Å². The zero-order valence-electron chi connectivity index (χ0n) is 9.32. The molecule has 0 amide bonds. The molecule has 0 bridgehead atoms. The summed E-state index contributed by atoms with van der Waals surface area (Å²) in [6, 6.07) is 6.46. The van der Waals surface area contributed by atoms with Crippen LogP contribution in [-0.2, 0) is 6.54 Å². The first-order valence-corrected chi connectivity index (χ1v) is 5.06. The fourth-order valence-electron chi connectivity index (χ4n) is 1.46. The van der Waals surface area contributed by atoms with E-state index >= 15 is 0 Å². The van der Waals surface area contributed by atoms with E-state index in [1.54, 1.807) is 0 Å². The lowest BCUT2D eigenvalue weighted by molar-refractivity contribution is 0.511. The van der Waals surface area contributed by atoms with E-state index in [2.05, 4.69) is 28.5 Å². The summed E-state index contributed by atoms with van der Waals surface area (Å²) in [6.07, 6.45) is 0. The van der Waals surface area contributed by atoms with Crippen LogP contribution in [0.5, 0.6) is 0 Å². The Kier molecular flexibility index (Phi) is 2.87. The second-order valence-electron chi connectivity index (χ2n) is 3.65. The van der Waals surface area contributed by atoms with Crippen LogP contribution in [0.4, 0.5) is 11.7 Å². The maximum atomic E-state index is 5.38. The molecule has 0 atom stereocenters. The van der Waals surface area contributed by atoms with Crippen molar-refractivity contribution in [2.24, 2.45) is 5.73 Å². The fourth-order valence-corrected chi connectivity index (χ4v) is 1.46. The number of nitrogens with zero attached hydrogens (tertiary/aromatic N) is 2. The second-order valence-corrected chi connectivity index (χ2v) is 3.65. The third kappa shape index (κ3) is 2.20. The third-order valence-corrected chi connectivity index (χ3v) is 2.26. The molecule has 0 unspecified atom stereocenters. The molecular formula is C11H14N4O. The minimum atomic E-state index is 0.252. The average Bonchev–Trinajstić information content (AvgIpc) is 2.70. The van der Waals surface area contributed by atoms with Gasteiger partial charge in [-0.2, -0.15) is 0 Å². The van der Waals surface area contributed by atoms with Gasteiger partial charge < -0.3 is 15.5 Å². The Morgan fingerprint density at radius 3 is 2.75 bits per heavy atom. The highest BCUT2D eigenvalue weighted by Crippen LogP contribution is 2.20. The predicted octanol–water partition coefficient (Wildman–Crippen LogP) is 1.89. The molecule has 0 saturated carbocycles. The average molecular weight is 218 g/mol. The topological polar surface area (TPSA) is 77.0 Å². The molecule has 2 rings (SSSR count). The molecule has 0 saturated heterocycles. The Hall–Kier alpha value is -1.88. The van der Waals surface area contributed by atoms with E-state index < -0.39 is 0 Å². The molecule has 0 spiro atoms. The Bertz CT molecular complexity index is 492. The smallest absolute Gasteiger partial charge is 0.320 e. The molecule has 0 aliphatic carbocycles. The van der Waals surface area contributed by atoms with Crippen LogP contribution in [0.3, 0.4) is 0 Å². The van der Waals surface area contributed by atoms with E-state index in [1.807, 2.05) is 19.1 Å². The number of aromatic nitrogens is 2. The van der Waals surface area contributed by atoms with E-state index in [1.165, 1.54) is 5.56 Å². The molecule has 2 aromatic rings. The molecule has 0 radical (unpaired) electrons. The molecular weight excluding hydrogens is 204 g/mol. The van der Waals surface area contributed by atoms with Crippen molar-refractivity contribution in [2.45, 2.75) is 20.4 Å². The molecule has 0 aliphatic rings. The summed E-state index contributed by atoms with van der Waals surface area (Å²) < 4.78 is 5.26. The van der Waals surface area contributed by atoms with Gasteiger partial charge in [0, 0.05) is 5.69 Å². The van der Waals surface area contributed by atoms with E-state index in [9.17, 15) is 0 Å². The molecule has 0 fully saturated rings. The van der Waals surface area contributed by atoms with Crippen molar-refractivity contribution in [2.75, 3.05) is 5.32 Å². The number of aryl methyl sites for hydroxylation is 2. The van der Waals surface area contributed by atoms with Gasteiger partial charge in [0.2, 0.25) is 5.89 Å². The Morgan fingerprint density at radius 1 is 1.31 bits per heavy atom. The van der Waals surface area contributed by atoms with Crippen LogP contribution in [0, 0.1) is 13.8 Å². The van der Waals surface area contributed by atoms with E-state index in [-0.39, 0.29) is 6.54 Å². The second kappa shape index (κ2) is 4.32. The van der Waals surface area contributed by atoms with Crippen LogP contribution >= 0.6 is 0 Å². The highest BCUT2D eigenvalue weighted by Gasteiger charge is 2.05. The van der Waals surface area contributed by atoms with Gasteiger partial charge in [-0.3, -0.25) is 0 Å². The largest absolute Gasteiger partial charge is 0.406 e. The predicted molar refractivity (Wildman–Crippen MR) is 61.4 cm³/mol. The molecule has 1 aromatic carbocycles. The molecule has 1 heterocycles. The van der Waals surface area contributed by atoms with E-state index in [0.717, 1.165) is 11.3 Å². The molecule has 1 aromatic heterocycles. The van der Waals surface area contributed by atoms with Gasteiger partial charge in [0.1, 0.15) is 0 Å². The number of hydrogen-bond donors (Lipinski definition) is 2. The zero-order valence-corrected chi connectivity index (χ0v) is 9.32. The Labute approximate surface area is 93.7 Å². The van der Waals surface area contributed by atoms with Gasteiger partial charge in [0.15, 0.2) is 0 Å². The van der Waals surface area contributed by atoms with Crippen molar-refractivity contribution >= 4 is 11.7 Å². The normalized spacial score (nSPS) is 10.4. The van der Waals surface area contributed by atoms with Crippen molar-refractivity contribution in [3.05, 3.63) is 35.2 Å². The van der Waals surface area contributed by atoms with Gasteiger partial charge in [-0.05, 0) is 25.5 Å². The first kappa shape index (κ1) is 10.6. The molecule has 5 nitrogen and oxygen atoms in total. The number of anilines is 2. The fraction of sp³-hybridized carbons (Fsp3) is 0.273. The van der Waals surface area contributed by atoms with Crippen molar-refractivity contribution in [1.82, 2.24) is 10.2 Å². The zero-order chi connectivity index (χ0) is 11.5. The van der Waals surface area contributed by atoms with Gasteiger partial charge in [-0.25, -0.2) is 0 Å². The van der Waals surface area contributed by atoms with Gasteiger partial charge in [-0.1, -0.05) is 22.8 Å². The van der Waals surface area contributed by atoms with Crippen LogP contribution in [0.2, 0.25) is 0 Å². The highest BCUT2D eigenvalue weighted by molar-refractivity contribution is 5.57. The summed E-state index contributed by atoms with van der Waals surface area (Å²) in [4.78, 5) is 0. The summed E-state index contributed by atoms with van der Waals surface area (Å²) in [7, 11) is 0. The van der Waals surface area contributed by atoms with Crippen LogP contribution in [0.15, 0.2) is 22.6 Å². The maximum absolute atomic E-state index is 5.38. The first-order chi connectivity index (χ1) is 7.69. The number of rotatable bonds is 3. The molecule has 16 heavy (non-hydrogen) atoms. The lowest BCUT2D eigenvalue weighted by Crippen LogP contribution is -1.95. The summed E-state index contributed by atoms with van der Waals surface area (Å²) in [6.45, 7) is 4.33. The van der Waals surface area contributed by atoms with Gasteiger partial charge in [-0.15, -0.1) is 5.10 Å². The highest BCUT2D eigenvalue weighted by atomic mass is 16.4. The number of nitrogens with two attached hydrogens (primary N) is 1. The number of hydrogen-bond acceptors (Lipinski definition) is 5. The lowest BCUT2D eigenvalue weighted by Gasteiger charge is -2.05. The summed E-state index contributed by atoms with van der Waals surface area (Å²) >= 11 is 0. The molecule has 0 aliphatic heterocycles. The van der Waals surface area contributed by atoms with Crippen molar-refractivity contribution in [1.29, 1.82) is 0 Å². The molecule has 84 valence electrons. The SMILES string of the molecule is Cc1ccc(Nc2nnc(CN)o2)c(C)c1. The van der Waals surface area contributed by atoms with Crippen LogP contribution in [0.25, 0.3) is 0 Å². The maximum Gasteiger partial charge on any atom is 0.320 e. The standard InChI is InChI=1S/C11H14N4O/c1-7-3-4-9(8(2)5-7)13-11-15-14-10(6-12)16-11/h3-5H,6,12H2,1-2H3,(H,13,15). The Balaban J connectivity index is 2.20. The molecule has 3 N–H and O–H groups in total. The third-order valence-electron chi connectivity index (χ3n) is 2.26. The number of benzene rings is 1. The summed E-state index contributed by atoms with van der Waals surface area (Å²) in [5, 5.41) is 10.7. The Morgan fingerprint density at radius 2 is 2.12 bits per heavy atom. The van der Waals surface area contributed by atoms with Crippen molar-refractivity contribution < 1.29 is 4.42 Å². The van der Waals surface area contributed by atoms with Gasteiger partial charge >= 0.3 is 6.01 Å². The monoisotopic (exact) mass is 218 g/mol. The van der Waals surface area contributed by atoms with E-state index in [0.29, 0.717) is 11.9 Å². The van der Waals surface area contributed by atoms with Crippen molar-refractivity contribution in [3.8, 4) is 0 Å². The summed E-state index contributed by atoms with van der Waals surface area (Å²) in [5.41, 5.74) is 8.69. The summed E-state index contributed by atoms with van der Waals surface area (Å²) in [5.74, 6) is 0.423. The minimum Gasteiger partial charge on any atom is -0.406 e. The lowest BCUT2D eigenvalue weighted by atomic mass is 10.1.